The molecule has 112 valence electrons. The Morgan fingerprint density at radius 2 is 2.16 bits per heavy atom. The number of likely N-dealkylation sites (N-methyl/N-ethyl adjacent to an activating group) is 1. The van der Waals surface area contributed by atoms with Crippen LogP contribution in [0.25, 0.3) is 0 Å². The molecule has 0 amide bonds. The third-order valence-electron chi connectivity index (χ3n) is 3.27. The van der Waals surface area contributed by atoms with Gasteiger partial charge in [-0.1, -0.05) is 6.92 Å². The molecule has 1 atom stereocenters. The second kappa shape index (κ2) is 9.15. The minimum Gasteiger partial charge on any atom is -0.383 e. The quantitative estimate of drug-likeness (QED) is 0.486. The number of nitrogens with zero attached hydrogens (tertiary/aromatic N) is 2. The molecule has 0 aliphatic heterocycles. The monoisotopic (exact) mass is 270 g/mol. The molecule has 0 radical (unpaired) electrons. The fourth-order valence-corrected chi connectivity index (χ4v) is 2.17. The van der Waals surface area contributed by atoms with Crippen molar-refractivity contribution in [1.29, 1.82) is 0 Å². The molecule has 0 aromatic carbocycles. The Labute approximate surface area is 117 Å². The maximum Gasteiger partial charge on any atom is 0.191 e. The summed E-state index contributed by atoms with van der Waals surface area (Å²) < 4.78 is 5.13. The first-order valence-corrected chi connectivity index (χ1v) is 7.49. The molecule has 5 nitrogen and oxygen atoms in total. The van der Waals surface area contributed by atoms with Gasteiger partial charge >= 0.3 is 0 Å². The molecule has 0 bridgehead atoms. The number of methoxy groups -OCH3 is 1. The van der Waals surface area contributed by atoms with Crippen molar-refractivity contribution in [2.45, 2.75) is 45.7 Å². The lowest BCUT2D eigenvalue weighted by molar-refractivity contribution is 0.179. The summed E-state index contributed by atoms with van der Waals surface area (Å²) in [6.45, 7) is 11.0. The average molecular weight is 270 g/mol. The van der Waals surface area contributed by atoms with Crippen molar-refractivity contribution in [2.75, 3.05) is 39.9 Å². The van der Waals surface area contributed by atoms with Crippen LogP contribution in [-0.2, 0) is 4.74 Å². The van der Waals surface area contributed by atoms with Crippen LogP contribution < -0.4 is 10.6 Å². The number of guanidine groups is 1. The molecule has 1 saturated carbocycles. The SMILES string of the molecule is CCNC(=NCCN(CC)C1CC1)NC(C)COC. The van der Waals surface area contributed by atoms with Crippen LogP contribution >= 0.6 is 0 Å². The maximum absolute atomic E-state index is 5.13. The van der Waals surface area contributed by atoms with E-state index in [1.807, 2.05) is 0 Å². The zero-order chi connectivity index (χ0) is 14.1. The number of hydrogen-bond donors (Lipinski definition) is 2. The third-order valence-corrected chi connectivity index (χ3v) is 3.27. The van der Waals surface area contributed by atoms with Crippen molar-refractivity contribution >= 4 is 5.96 Å². The molecule has 0 aromatic rings. The first kappa shape index (κ1) is 16.2. The van der Waals surface area contributed by atoms with Gasteiger partial charge in [0.2, 0.25) is 0 Å². The van der Waals surface area contributed by atoms with E-state index in [-0.39, 0.29) is 6.04 Å². The van der Waals surface area contributed by atoms with Crippen molar-refractivity contribution < 1.29 is 4.74 Å². The molecule has 5 heteroatoms. The Bertz CT molecular complexity index is 266. The Kier molecular flexibility index (Phi) is 7.82. The van der Waals surface area contributed by atoms with E-state index in [0.717, 1.165) is 38.2 Å². The molecule has 0 saturated heterocycles. The third kappa shape index (κ3) is 6.78. The van der Waals surface area contributed by atoms with Crippen molar-refractivity contribution in [1.82, 2.24) is 15.5 Å². The van der Waals surface area contributed by atoms with Crippen LogP contribution in [0.2, 0.25) is 0 Å². The van der Waals surface area contributed by atoms with E-state index >= 15 is 0 Å². The number of nitrogens with one attached hydrogen (secondary N) is 2. The van der Waals surface area contributed by atoms with Crippen LogP contribution in [0.3, 0.4) is 0 Å². The zero-order valence-corrected chi connectivity index (χ0v) is 12.9. The van der Waals surface area contributed by atoms with Gasteiger partial charge in [-0.3, -0.25) is 9.89 Å². The van der Waals surface area contributed by atoms with Gasteiger partial charge in [0.25, 0.3) is 0 Å². The van der Waals surface area contributed by atoms with E-state index in [9.17, 15) is 0 Å². The minimum atomic E-state index is 0.272. The molecule has 1 unspecified atom stereocenters. The van der Waals surface area contributed by atoms with Crippen LogP contribution in [-0.4, -0.2) is 62.8 Å². The highest BCUT2D eigenvalue weighted by atomic mass is 16.5. The Hall–Kier alpha value is -0.810. The first-order valence-electron chi connectivity index (χ1n) is 7.49. The molecule has 0 heterocycles. The molecular weight excluding hydrogens is 240 g/mol. The predicted octanol–water partition coefficient (Wildman–Crippen LogP) is 1.06. The van der Waals surface area contributed by atoms with E-state index in [1.165, 1.54) is 12.8 Å². The molecule has 1 aliphatic carbocycles. The number of aliphatic imine (C=N–C) groups is 1. The van der Waals surface area contributed by atoms with E-state index in [4.69, 9.17) is 4.74 Å². The molecule has 0 spiro atoms. The molecule has 1 fully saturated rings. The van der Waals surface area contributed by atoms with Crippen LogP contribution in [0, 0.1) is 0 Å². The second-order valence-corrected chi connectivity index (χ2v) is 5.12. The van der Waals surface area contributed by atoms with E-state index < -0.39 is 0 Å². The summed E-state index contributed by atoms with van der Waals surface area (Å²) in [6, 6.07) is 1.09. The number of hydrogen-bond acceptors (Lipinski definition) is 3. The van der Waals surface area contributed by atoms with Crippen LogP contribution in [0.4, 0.5) is 0 Å². The lowest BCUT2D eigenvalue weighted by Crippen LogP contribution is -2.44. The average Bonchev–Trinajstić information content (AvgIpc) is 3.19. The van der Waals surface area contributed by atoms with Gasteiger partial charge in [0.15, 0.2) is 5.96 Å². The van der Waals surface area contributed by atoms with Crippen molar-refractivity contribution in [3.63, 3.8) is 0 Å². The Morgan fingerprint density at radius 1 is 1.42 bits per heavy atom. The lowest BCUT2D eigenvalue weighted by Gasteiger charge is -2.20. The summed E-state index contributed by atoms with van der Waals surface area (Å²) in [5.41, 5.74) is 0. The van der Waals surface area contributed by atoms with Gasteiger partial charge in [0.1, 0.15) is 0 Å². The van der Waals surface area contributed by atoms with Gasteiger partial charge < -0.3 is 15.4 Å². The fraction of sp³-hybridized carbons (Fsp3) is 0.929. The summed E-state index contributed by atoms with van der Waals surface area (Å²) >= 11 is 0. The standard InChI is InChI=1S/C14H30N4O/c1-5-15-14(17-12(3)11-19-4)16-9-10-18(6-2)13-7-8-13/h12-13H,5-11H2,1-4H3,(H2,15,16,17). The fourth-order valence-electron chi connectivity index (χ4n) is 2.17. The summed E-state index contributed by atoms with van der Waals surface area (Å²) in [5, 5.41) is 6.62. The van der Waals surface area contributed by atoms with E-state index in [0.29, 0.717) is 6.61 Å². The van der Waals surface area contributed by atoms with Crippen molar-refractivity contribution in [3.05, 3.63) is 0 Å². The molecule has 0 aromatic heterocycles. The van der Waals surface area contributed by atoms with E-state index in [1.54, 1.807) is 7.11 Å². The van der Waals surface area contributed by atoms with Gasteiger partial charge in [-0.05, 0) is 33.2 Å². The largest absolute Gasteiger partial charge is 0.383 e. The summed E-state index contributed by atoms with van der Waals surface area (Å²) in [7, 11) is 1.72. The molecule has 2 N–H and O–H groups in total. The van der Waals surface area contributed by atoms with Gasteiger partial charge in [-0.2, -0.15) is 0 Å². The van der Waals surface area contributed by atoms with E-state index in [2.05, 4.69) is 41.3 Å². The Balaban J connectivity index is 2.33. The molecule has 1 aliphatic rings. The van der Waals surface area contributed by atoms with Crippen LogP contribution in [0.15, 0.2) is 4.99 Å². The minimum absolute atomic E-state index is 0.272. The van der Waals surface area contributed by atoms with Crippen LogP contribution in [0.5, 0.6) is 0 Å². The zero-order valence-electron chi connectivity index (χ0n) is 12.9. The molecular formula is C14H30N4O. The summed E-state index contributed by atoms with van der Waals surface area (Å²) in [4.78, 5) is 7.15. The predicted molar refractivity (Wildman–Crippen MR) is 80.7 cm³/mol. The number of ether oxygens (including phenoxy) is 1. The van der Waals surface area contributed by atoms with Crippen molar-refractivity contribution in [3.8, 4) is 0 Å². The molecule has 1 rings (SSSR count). The topological polar surface area (TPSA) is 48.9 Å². The summed E-state index contributed by atoms with van der Waals surface area (Å²) in [6.07, 6.45) is 2.72. The van der Waals surface area contributed by atoms with Gasteiger partial charge in [-0.15, -0.1) is 0 Å². The number of rotatable bonds is 9. The lowest BCUT2D eigenvalue weighted by atomic mass is 10.4. The highest BCUT2D eigenvalue weighted by Crippen LogP contribution is 2.25. The van der Waals surface area contributed by atoms with Crippen LogP contribution in [0.1, 0.15) is 33.6 Å². The maximum atomic E-state index is 5.13. The Morgan fingerprint density at radius 3 is 2.68 bits per heavy atom. The summed E-state index contributed by atoms with van der Waals surface area (Å²) in [5.74, 6) is 0.888. The van der Waals surface area contributed by atoms with Gasteiger partial charge in [-0.25, -0.2) is 0 Å². The highest BCUT2D eigenvalue weighted by Gasteiger charge is 2.27. The second-order valence-electron chi connectivity index (χ2n) is 5.12. The van der Waals surface area contributed by atoms with Gasteiger partial charge in [0, 0.05) is 32.3 Å². The first-order chi connectivity index (χ1) is 9.21. The molecule has 19 heavy (non-hydrogen) atoms. The van der Waals surface area contributed by atoms with Gasteiger partial charge in [0.05, 0.1) is 13.2 Å². The highest BCUT2D eigenvalue weighted by molar-refractivity contribution is 5.80. The smallest absolute Gasteiger partial charge is 0.191 e. The van der Waals surface area contributed by atoms with Crippen molar-refractivity contribution in [2.24, 2.45) is 4.99 Å². The normalized spacial score (nSPS) is 17.6.